The molecule has 1 aromatic heterocycles. The van der Waals surface area contributed by atoms with Crippen molar-refractivity contribution < 1.29 is 27.6 Å². The molecule has 1 heterocycles. The van der Waals surface area contributed by atoms with Crippen LogP contribution in [-0.2, 0) is 14.8 Å². The third kappa shape index (κ3) is 6.50. The number of carbonyl (C=O) groups is 1. The molecule has 3 aromatic carbocycles. The fourth-order valence-electron chi connectivity index (χ4n) is 5.01. The number of anilines is 1. The van der Waals surface area contributed by atoms with E-state index in [1.807, 2.05) is 16.9 Å². The minimum atomic E-state index is -4.44. The third-order valence-corrected chi connectivity index (χ3v) is 8.62. The molecular weight excluding hydrogens is 548 g/mol. The molecular formula is C29H30N4O7S. The van der Waals surface area contributed by atoms with E-state index in [9.17, 15) is 23.3 Å². The number of amides is 1. The second kappa shape index (κ2) is 12.0. The molecule has 5 rings (SSSR count). The van der Waals surface area contributed by atoms with E-state index in [-0.39, 0.29) is 23.1 Å². The molecule has 0 saturated heterocycles. The van der Waals surface area contributed by atoms with E-state index >= 15 is 0 Å². The number of benzene rings is 3. The number of fused-ring (bicyclic) bond motifs is 1. The van der Waals surface area contributed by atoms with Gasteiger partial charge in [0.05, 0.1) is 21.5 Å². The smallest absolute Gasteiger partial charge is 0.293 e. The highest BCUT2D eigenvalue weighted by molar-refractivity contribution is 7.90. The Morgan fingerprint density at radius 2 is 1.83 bits per heavy atom. The Kier molecular flexibility index (Phi) is 8.22. The number of aromatic nitrogens is 1. The number of nitrogens with one attached hydrogen (secondary N) is 3. The SMILES string of the molecule is COC1CCC(CNc2ccc(S(=O)(=O)NC(=O)c3ccccc3Oc3ccc4[nH]ccc4c3)cc2[N+](=O)[O-])CC1. The van der Waals surface area contributed by atoms with Gasteiger partial charge in [0.2, 0.25) is 0 Å². The van der Waals surface area contributed by atoms with Crippen LogP contribution in [0.25, 0.3) is 10.9 Å². The van der Waals surface area contributed by atoms with E-state index in [0.717, 1.165) is 42.7 Å². The lowest BCUT2D eigenvalue weighted by Crippen LogP contribution is -2.31. The lowest BCUT2D eigenvalue weighted by atomic mass is 9.87. The van der Waals surface area contributed by atoms with Gasteiger partial charge in [-0.15, -0.1) is 0 Å². The van der Waals surface area contributed by atoms with Gasteiger partial charge in [-0.1, -0.05) is 12.1 Å². The maximum atomic E-state index is 13.1. The molecule has 214 valence electrons. The summed E-state index contributed by atoms with van der Waals surface area (Å²) in [5, 5.41) is 15.8. The summed E-state index contributed by atoms with van der Waals surface area (Å²) in [6.45, 7) is 0.522. The van der Waals surface area contributed by atoms with Crippen LogP contribution in [-0.4, -0.2) is 44.0 Å². The standard InChI is InChI=1S/C29H30N4O7S/c1-39-21-8-6-19(7-9-21)18-31-26-13-11-23(17-27(26)33(35)36)41(37,38)32-29(34)24-4-2-3-5-28(24)40-22-10-12-25-20(16-22)14-15-30-25/h2-5,10-17,19,21,30-31H,6-9,18H2,1H3,(H,32,34). The molecule has 0 spiro atoms. The lowest BCUT2D eigenvalue weighted by molar-refractivity contribution is -0.384. The minimum Gasteiger partial charge on any atom is -0.457 e. The van der Waals surface area contributed by atoms with Crippen LogP contribution in [0.2, 0.25) is 0 Å². The van der Waals surface area contributed by atoms with Gasteiger partial charge in [0.25, 0.3) is 21.6 Å². The van der Waals surface area contributed by atoms with Crippen LogP contribution in [0.3, 0.4) is 0 Å². The van der Waals surface area contributed by atoms with Crippen molar-refractivity contribution in [3.05, 3.63) is 88.6 Å². The quantitative estimate of drug-likeness (QED) is 0.162. The summed E-state index contributed by atoms with van der Waals surface area (Å²) in [7, 11) is -2.74. The number of hydrogen-bond donors (Lipinski definition) is 3. The van der Waals surface area contributed by atoms with Crippen molar-refractivity contribution in [2.75, 3.05) is 19.0 Å². The second-order valence-electron chi connectivity index (χ2n) is 9.95. The van der Waals surface area contributed by atoms with Gasteiger partial charge in [-0.2, -0.15) is 0 Å². The Bertz CT molecular complexity index is 1680. The topological polar surface area (TPSA) is 153 Å². The van der Waals surface area contributed by atoms with Gasteiger partial charge in [0.15, 0.2) is 0 Å². The van der Waals surface area contributed by atoms with Crippen molar-refractivity contribution >= 4 is 38.2 Å². The number of nitro benzene ring substituents is 1. The highest BCUT2D eigenvalue weighted by Gasteiger charge is 2.26. The fraction of sp³-hybridized carbons (Fsp3) is 0.276. The Hall–Kier alpha value is -4.42. The first-order valence-corrected chi connectivity index (χ1v) is 14.7. The van der Waals surface area contributed by atoms with Gasteiger partial charge in [0.1, 0.15) is 17.2 Å². The fourth-order valence-corrected chi connectivity index (χ4v) is 5.99. The van der Waals surface area contributed by atoms with Crippen LogP contribution in [0.15, 0.2) is 77.8 Å². The van der Waals surface area contributed by atoms with Gasteiger partial charge in [-0.05, 0) is 80.1 Å². The lowest BCUT2D eigenvalue weighted by Gasteiger charge is -2.27. The molecule has 12 heteroatoms. The average Bonchev–Trinajstić information content (AvgIpc) is 3.44. The number of ether oxygens (including phenoxy) is 2. The number of nitrogens with zero attached hydrogens (tertiary/aromatic N) is 1. The summed E-state index contributed by atoms with van der Waals surface area (Å²) in [4.78, 5) is 26.9. The molecule has 1 fully saturated rings. The zero-order valence-electron chi connectivity index (χ0n) is 22.3. The number of hydrogen-bond acceptors (Lipinski definition) is 8. The van der Waals surface area contributed by atoms with E-state index in [4.69, 9.17) is 9.47 Å². The summed E-state index contributed by atoms with van der Waals surface area (Å²) >= 11 is 0. The van der Waals surface area contributed by atoms with E-state index in [2.05, 4.69) is 10.3 Å². The monoisotopic (exact) mass is 578 g/mol. The van der Waals surface area contributed by atoms with Crippen LogP contribution >= 0.6 is 0 Å². The molecule has 1 aliphatic rings. The zero-order valence-corrected chi connectivity index (χ0v) is 23.1. The molecule has 0 aliphatic heterocycles. The maximum Gasteiger partial charge on any atom is 0.293 e. The minimum absolute atomic E-state index is 0.0128. The van der Waals surface area contributed by atoms with Crippen molar-refractivity contribution in [2.45, 2.75) is 36.7 Å². The molecule has 11 nitrogen and oxygen atoms in total. The normalized spacial score (nSPS) is 17.2. The van der Waals surface area contributed by atoms with Gasteiger partial charge in [-0.25, -0.2) is 13.1 Å². The Labute approximate surface area is 237 Å². The molecule has 1 aliphatic carbocycles. The number of aromatic amines is 1. The van der Waals surface area contributed by atoms with E-state index in [1.54, 1.807) is 43.6 Å². The zero-order chi connectivity index (χ0) is 29.0. The van der Waals surface area contributed by atoms with E-state index in [0.29, 0.717) is 18.2 Å². The Balaban J connectivity index is 1.30. The van der Waals surface area contributed by atoms with Crippen LogP contribution in [0.5, 0.6) is 11.5 Å². The summed E-state index contributed by atoms with van der Waals surface area (Å²) < 4.78 is 39.6. The molecule has 1 amide bonds. The van der Waals surface area contributed by atoms with E-state index in [1.165, 1.54) is 18.2 Å². The van der Waals surface area contributed by atoms with Gasteiger partial charge >= 0.3 is 0 Å². The number of methoxy groups -OCH3 is 1. The van der Waals surface area contributed by atoms with Crippen LogP contribution in [0.4, 0.5) is 11.4 Å². The average molecular weight is 579 g/mol. The summed E-state index contributed by atoms with van der Waals surface area (Å²) in [5.41, 5.74) is 0.724. The molecule has 0 unspecified atom stereocenters. The second-order valence-corrected chi connectivity index (χ2v) is 11.6. The molecule has 0 radical (unpaired) electrons. The first-order valence-electron chi connectivity index (χ1n) is 13.2. The molecule has 0 bridgehead atoms. The molecule has 41 heavy (non-hydrogen) atoms. The third-order valence-electron chi connectivity index (χ3n) is 7.30. The van der Waals surface area contributed by atoms with Crippen LogP contribution in [0.1, 0.15) is 36.0 Å². The number of para-hydroxylation sites is 1. The van der Waals surface area contributed by atoms with Gasteiger partial charge in [-0.3, -0.25) is 14.9 Å². The largest absolute Gasteiger partial charge is 0.457 e. The summed E-state index contributed by atoms with van der Waals surface area (Å²) in [6.07, 6.45) is 5.76. The van der Waals surface area contributed by atoms with Gasteiger partial charge in [0, 0.05) is 36.8 Å². The number of carbonyl (C=O) groups excluding carboxylic acids is 1. The first kappa shape index (κ1) is 28.1. The van der Waals surface area contributed by atoms with Crippen LogP contribution < -0.4 is 14.8 Å². The number of sulfonamides is 1. The molecule has 4 aromatic rings. The number of rotatable bonds is 10. The van der Waals surface area contributed by atoms with Crippen molar-refractivity contribution in [3.8, 4) is 11.5 Å². The van der Waals surface area contributed by atoms with Crippen molar-refractivity contribution in [3.63, 3.8) is 0 Å². The number of nitro groups is 1. The molecule has 1 saturated carbocycles. The first-order chi connectivity index (χ1) is 19.7. The summed E-state index contributed by atoms with van der Waals surface area (Å²) in [5.74, 6) is 0.0153. The van der Waals surface area contributed by atoms with Crippen molar-refractivity contribution in [2.24, 2.45) is 5.92 Å². The van der Waals surface area contributed by atoms with E-state index < -0.39 is 31.4 Å². The van der Waals surface area contributed by atoms with Crippen molar-refractivity contribution in [1.82, 2.24) is 9.71 Å². The maximum absolute atomic E-state index is 13.1. The summed E-state index contributed by atoms with van der Waals surface area (Å²) in [6, 6.07) is 17.0. The predicted molar refractivity (Wildman–Crippen MR) is 154 cm³/mol. The van der Waals surface area contributed by atoms with Crippen LogP contribution in [0, 0.1) is 16.0 Å². The molecule has 3 N–H and O–H groups in total. The number of H-pyrrole nitrogens is 1. The highest BCUT2D eigenvalue weighted by atomic mass is 32.2. The molecule has 0 atom stereocenters. The highest BCUT2D eigenvalue weighted by Crippen LogP contribution is 2.31. The van der Waals surface area contributed by atoms with Crippen molar-refractivity contribution in [1.29, 1.82) is 0 Å². The predicted octanol–water partition coefficient (Wildman–Crippen LogP) is 5.60. The Morgan fingerprint density at radius 3 is 2.59 bits per heavy atom. The Morgan fingerprint density at radius 1 is 1.05 bits per heavy atom. The van der Waals surface area contributed by atoms with Gasteiger partial charge < -0.3 is 19.8 Å².